The molecule has 0 bridgehead atoms. The predicted molar refractivity (Wildman–Crippen MR) is 147 cm³/mol. The third kappa shape index (κ3) is 6.36. The maximum Gasteiger partial charge on any atom is 0.301 e. The van der Waals surface area contributed by atoms with E-state index in [-0.39, 0.29) is 26.4 Å². The number of esters is 1. The molecule has 0 atom stereocenters. The average molecular weight is 590 g/mol. The van der Waals surface area contributed by atoms with E-state index in [4.69, 9.17) is 4.74 Å². The van der Waals surface area contributed by atoms with Gasteiger partial charge in [0.05, 0.1) is 0 Å². The van der Waals surface area contributed by atoms with E-state index >= 15 is 0 Å². The Hall–Kier alpha value is -2.13. The Morgan fingerprint density at radius 1 is 0.657 bits per heavy atom. The van der Waals surface area contributed by atoms with Gasteiger partial charge in [-0.1, -0.05) is 128 Å². The van der Waals surface area contributed by atoms with Crippen LogP contribution >= 0.6 is 15.8 Å². The molecule has 0 fully saturated rings. The van der Waals surface area contributed by atoms with Gasteiger partial charge < -0.3 is 4.74 Å². The zero-order chi connectivity index (χ0) is 23.8. The summed E-state index contributed by atoms with van der Waals surface area (Å²) in [4.78, 5) is 12.8. The second-order valence-electron chi connectivity index (χ2n) is 7.88. The zero-order valence-corrected chi connectivity index (χ0v) is 23.2. The van der Waals surface area contributed by atoms with Crippen molar-refractivity contribution in [3.63, 3.8) is 0 Å². The largest absolute Gasteiger partial charge is 0.482 e. The molecule has 0 saturated carbocycles. The van der Waals surface area contributed by atoms with E-state index in [9.17, 15) is 4.79 Å². The van der Waals surface area contributed by atoms with Crippen molar-refractivity contribution in [3.8, 4) is 0 Å². The molecule has 35 heavy (non-hydrogen) atoms. The van der Waals surface area contributed by atoms with Crippen LogP contribution in [-0.2, 0) is 30.0 Å². The number of carbonyl (C=O) groups excluding carboxylic acids is 1. The Labute approximate surface area is 225 Å². The van der Waals surface area contributed by atoms with Crippen LogP contribution in [-0.4, -0.2) is 11.1 Å². The fraction of sp³-hybridized carbons (Fsp3) is 0.133. The van der Waals surface area contributed by atoms with Crippen LogP contribution in [0.5, 0.6) is 0 Å². The van der Waals surface area contributed by atoms with E-state index in [1.165, 1.54) is 28.1 Å². The molecule has 4 aromatic carbocycles. The molecule has 0 amide bonds. The van der Waals surface area contributed by atoms with Crippen molar-refractivity contribution < 1.29 is 30.0 Å². The molecule has 0 aliphatic rings. The number of ether oxygens (including phenoxy) is 1. The third-order valence-corrected chi connectivity index (χ3v) is 11.7. The summed E-state index contributed by atoms with van der Waals surface area (Å²) in [5, 5.41) is 3.93. The van der Waals surface area contributed by atoms with E-state index in [0.717, 1.165) is 6.42 Å². The molecule has 0 aliphatic heterocycles. The van der Waals surface area contributed by atoms with Gasteiger partial charge in [0, 0.05) is 32.4 Å². The maximum atomic E-state index is 12.8. The standard InChI is InChI=1S/C30H29O2P2.Pd/c1-3-24-30(32-25(2)31,33(26-16-8-4-9-17-26)27-18-10-5-11-19-27)34(28-20-12-6-13-21-28)29-22-14-7-15-23-29;/h4-24H,3H2,1-2H3;/q-1;. The van der Waals surface area contributed by atoms with Crippen LogP contribution in [0.25, 0.3) is 0 Å². The number of hydrogen-bond donors (Lipinski definition) is 0. The first-order valence-electron chi connectivity index (χ1n) is 11.5. The van der Waals surface area contributed by atoms with Gasteiger partial charge in [0.15, 0.2) is 0 Å². The van der Waals surface area contributed by atoms with Crippen molar-refractivity contribution >= 4 is 43.0 Å². The Balaban J connectivity index is 0.00000342. The molecule has 0 saturated heterocycles. The first-order valence-corrected chi connectivity index (χ1v) is 14.2. The number of hydrogen-bond acceptors (Lipinski definition) is 2. The molecule has 0 aliphatic carbocycles. The number of rotatable bonds is 9. The van der Waals surface area contributed by atoms with Crippen LogP contribution in [0.3, 0.4) is 0 Å². The van der Waals surface area contributed by atoms with Crippen LogP contribution in [0, 0.1) is 6.42 Å². The summed E-state index contributed by atoms with van der Waals surface area (Å²) in [5.41, 5.74) is 0. The summed E-state index contributed by atoms with van der Waals surface area (Å²) in [5.74, 6) is -0.261. The van der Waals surface area contributed by atoms with Crippen molar-refractivity contribution in [2.24, 2.45) is 0 Å². The Kier molecular flexibility index (Phi) is 10.4. The fourth-order valence-corrected chi connectivity index (χ4v) is 11.6. The fourth-order valence-electron chi connectivity index (χ4n) is 4.24. The molecule has 4 rings (SSSR count). The molecule has 5 heteroatoms. The second kappa shape index (κ2) is 13.3. The van der Waals surface area contributed by atoms with Gasteiger partial charge in [-0.15, -0.1) is 0 Å². The first-order chi connectivity index (χ1) is 16.7. The summed E-state index contributed by atoms with van der Waals surface area (Å²) < 4.78 is 6.58. The summed E-state index contributed by atoms with van der Waals surface area (Å²) in [6.07, 6.45) is 3.04. The predicted octanol–water partition coefficient (Wildman–Crippen LogP) is 6.08. The van der Waals surface area contributed by atoms with Crippen LogP contribution in [0.15, 0.2) is 121 Å². The smallest absolute Gasteiger partial charge is 0.301 e. The quantitative estimate of drug-likeness (QED) is 0.102. The van der Waals surface area contributed by atoms with Gasteiger partial charge in [0.1, 0.15) is 0 Å². The van der Waals surface area contributed by atoms with E-state index in [0.29, 0.717) is 0 Å². The van der Waals surface area contributed by atoms with Gasteiger partial charge in [-0.2, -0.15) is 6.42 Å². The Morgan fingerprint density at radius 3 is 1.17 bits per heavy atom. The SMILES string of the molecule is CC[CH-]C(OC(C)=O)(P(c1ccccc1)c1ccccc1)P(c1ccccc1)c1ccccc1.[Pd]. The van der Waals surface area contributed by atoms with Gasteiger partial charge in [0.2, 0.25) is 0 Å². The molecular weight excluding hydrogens is 561 g/mol. The molecule has 2 nitrogen and oxygen atoms in total. The first kappa shape index (κ1) is 27.5. The number of benzene rings is 4. The minimum absolute atomic E-state index is 0. The molecule has 0 radical (unpaired) electrons. The van der Waals surface area contributed by atoms with Gasteiger partial charge in [0.25, 0.3) is 0 Å². The molecular formula is C30H29O2P2Pd-. The summed E-state index contributed by atoms with van der Waals surface area (Å²) in [7, 11) is -2.19. The Morgan fingerprint density at radius 2 is 0.943 bits per heavy atom. The van der Waals surface area contributed by atoms with Crippen LogP contribution in [0.4, 0.5) is 0 Å². The van der Waals surface area contributed by atoms with Crippen molar-refractivity contribution in [3.05, 3.63) is 128 Å². The van der Waals surface area contributed by atoms with E-state index in [1.807, 2.05) is 24.3 Å². The molecule has 0 aromatic heterocycles. The topological polar surface area (TPSA) is 26.3 Å². The van der Waals surface area contributed by atoms with Crippen molar-refractivity contribution in [1.29, 1.82) is 0 Å². The van der Waals surface area contributed by atoms with Crippen molar-refractivity contribution in [1.82, 2.24) is 0 Å². The molecule has 0 N–H and O–H groups in total. The second-order valence-corrected chi connectivity index (χ2v) is 13.0. The zero-order valence-electron chi connectivity index (χ0n) is 19.9. The normalized spacial score (nSPS) is 11.2. The molecule has 4 aromatic rings. The maximum absolute atomic E-state index is 12.8. The van der Waals surface area contributed by atoms with Gasteiger partial charge in [-0.05, 0) is 37.1 Å². The van der Waals surface area contributed by atoms with Crippen LogP contribution < -0.4 is 21.2 Å². The van der Waals surface area contributed by atoms with Gasteiger partial charge >= 0.3 is 5.97 Å². The third-order valence-electron chi connectivity index (χ3n) is 5.46. The molecule has 182 valence electrons. The molecule has 0 spiro atoms. The van der Waals surface area contributed by atoms with Crippen LogP contribution in [0.2, 0.25) is 0 Å². The minimum atomic E-state index is -1.09. The van der Waals surface area contributed by atoms with Crippen LogP contribution in [0.1, 0.15) is 20.3 Å². The van der Waals surface area contributed by atoms with E-state index in [2.05, 4.69) is 110 Å². The minimum Gasteiger partial charge on any atom is -0.482 e. The summed E-state index contributed by atoms with van der Waals surface area (Å²) in [6.45, 7) is 3.66. The van der Waals surface area contributed by atoms with E-state index < -0.39 is 20.9 Å². The van der Waals surface area contributed by atoms with E-state index in [1.54, 1.807) is 0 Å². The summed E-state index contributed by atoms with van der Waals surface area (Å²) >= 11 is 0. The molecule has 0 heterocycles. The van der Waals surface area contributed by atoms with Gasteiger partial charge in [-0.3, -0.25) is 11.2 Å². The van der Waals surface area contributed by atoms with Crippen molar-refractivity contribution in [2.75, 3.05) is 0 Å². The van der Waals surface area contributed by atoms with Gasteiger partial charge in [-0.25, -0.2) is 0 Å². The monoisotopic (exact) mass is 589 g/mol. The molecule has 0 unspecified atom stereocenters. The average Bonchev–Trinajstić information content (AvgIpc) is 2.87. The summed E-state index contributed by atoms with van der Waals surface area (Å²) in [6, 6.07) is 42.1. The number of carbonyl (C=O) groups is 1. The van der Waals surface area contributed by atoms with Crippen molar-refractivity contribution in [2.45, 2.75) is 25.4 Å². The Bertz CT molecular complexity index is 1010.